The van der Waals surface area contributed by atoms with E-state index in [0.717, 1.165) is 30.5 Å². The normalized spacial score (nSPS) is 17.1. The molecule has 6 heteroatoms. The van der Waals surface area contributed by atoms with Gasteiger partial charge < -0.3 is 26.5 Å². The van der Waals surface area contributed by atoms with Gasteiger partial charge in [0.1, 0.15) is 11.6 Å². The van der Waals surface area contributed by atoms with E-state index in [0.29, 0.717) is 17.1 Å². The zero-order chi connectivity index (χ0) is 20.1. The highest BCUT2D eigenvalue weighted by molar-refractivity contribution is 5.87. The first-order valence-corrected chi connectivity index (χ1v) is 9.59. The van der Waals surface area contributed by atoms with E-state index in [1.807, 2.05) is 17.0 Å². The second-order valence-corrected chi connectivity index (χ2v) is 7.36. The molecule has 0 radical (unpaired) electrons. The maximum Gasteiger partial charge on any atom is 0.245 e. The average molecular weight is 380 g/mol. The molecule has 6 nitrogen and oxygen atoms in total. The number of phenolic OH excluding ortho intramolecular Hbond substituents is 1. The summed E-state index contributed by atoms with van der Waals surface area (Å²) in [6.45, 7) is 5.44. The van der Waals surface area contributed by atoms with Gasteiger partial charge in [0.15, 0.2) is 0 Å². The predicted molar refractivity (Wildman–Crippen MR) is 113 cm³/mol. The van der Waals surface area contributed by atoms with Crippen LogP contribution in [0.3, 0.4) is 0 Å². The van der Waals surface area contributed by atoms with Crippen LogP contribution in [0.2, 0.25) is 0 Å². The van der Waals surface area contributed by atoms with Crippen molar-refractivity contribution in [3.8, 4) is 5.75 Å². The number of para-hydroxylation sites is 1. The third-order valence-corrected chi connectivity index (χ3v) is 5.55. The summed E-state index contributed by atoms with van der Waals surface area (Å²) in [5.74, 6) is 2.55. The molecule has 148 valence electrons. The van der Waals surface area contributed by atoms with E-state index < -0.39 is 0 Å². The highest BCUT2D eigenvalue weighted by Crippen LogP contribution is 2.38. The Labute approximate surface area is 165 Å². The standard InChI is InChI=1S/C12H13N3O.C10H15NO/c13-10(7-8-5-6-15-12(8)14)9-3-1-2-4-11(9)16;1-2-10(12)11-6-9(7-11)8-4-3-5-8/h1-7,15-16H,13-14H2;2,8-9H,1,3-7H2/b10-7-;. The van der Waals surface area contributed by atoms with Crippen molar-refractivity contribution in [1.29, 1.82) is 0 Å². The zero-order valence-corrected chi connectivity index (χ0v) is 16.0. The Morgan fingerprint density at radius 1 is 1.21 bits per heavy atom. The number of carbonyl (C=O) groups excluding carboxylic acids is 1. The minimum Gasteiger partial charge on any atom is -0.507 e. The van der Waals surface area contributed by atoms with Crippen LogP contribution >= 0.6 is 0 Å². The second kappa shape index (κ2) is 8.69. The lowest BCUT2D eigenvalue weighted by Crippen LogP contribution is -2.53. The molecular weight excluding hydrogens is 352 g/mol. The number of carbonyl (C=O) groups is 1. The Kier molecular flexibility index (Phi) is 6.09. The minimum atomic E-state index is 0.102. The number of nitrogens with one attached hydrogen (secondary N) is 1. The summed E-state index contributed by atoms with van der Waals surface area (Å²) in [7, 11) is 0. The maximum atomic E-state index is 11.1. The molecule has 1 amide bonds. The van der Waals surface area contributed by atoms with E-state index in [-0.39, 0.29) is 11.7 Å². The molecular formula is C22H28N4O2. The minimum absolute atomic E-state index is 0.102. The van der Waals surface area contributed by atoms with E-state index in [9.17, 15) is 9.90 Å². The molecule has 1 saturated heterocycles. The van der Waals surface area contributed by atoms with Crippen LogP contribution in [0.5, 0.6) is 5.75 Å². The number of aromatic amines is 1. The topological polar surface area (TPSA) is 108 Å². The summed E-state index contributed by atoms with van der Waals surface area (Å²) in [6, 6.07) is 8.73. The summed E-state index contributed by atoms with van der Waals surface area (Å²) in [5, 5.41) is 9.62. The molecule has 0 atom stereocenters. The summed E-state index contributed by atoms with van der Waals surface area (Å²) in [4.78, 5) is 15.8. The smallest absolute Gasteiger partial charge is 0.245 e. The molecule has 0 bridgehead atoms. The van der Waals surface area contributed by atoms with Gasteiger partial charge in [-0.05, 0) is 42.2 Å². The number of likely N-dealkylation sites (tertiary alicyclic amines) is 1. The van der Waals surface area contributed by atoms with Gasteiger partial charge in [-0.2, -0.15) is 0 Å². The van der Waals surface area contributed by atoms with Crippen molar-refractivity contribution in [3.05, 3.63) is 60.3 Å². The Bertz CT molecular complexity index is 861. The van der Waals surface area contributed by atoms with Crippen molar-refractivity contribution in [1.82, 2.24) is 9.88 Å². The number of H-pyrrole nitrogens is 1. The van der Waals surface area contributed by atoms with Gasteiger partial charge in [-0.15, -0.1) is 0 Å². The monoisotopic (exact) mass is 380 g/mol. The number of phenols is 1. The Balaban J connectivity index is 0.000000167. The number of nitrogens with two attached hydrogens (primary N) is 2. The molecule has 2 heterocycles. The van der Waals surface area contributed by atoms with Gasteiger partial charge >= 0.3 is 0 Å². The molecule has 1 aromatic heterocycles. The Hall–Kier alpha value is -3.15. The first-order valence-electron chi connectivity index (χ1n) is 9.59. The summed E-state index contributed by atoms with van der Waals surface area (Å²) in [6.07, 6.45) is 9.05. The molecule has 4 rings (SSSR count). The first kappa shape index (κ1) is 19.6. The van der Waals surface area contributed by atoms with Gasteiger partial charge in [0.2, 0.25) is 5.91 Å². The number of anilines is 1. The van der Waals surface area contributed by atoms with Crippen LogP contribution in [0.15, 0.2) is 49.2 Å². The number of aromatic nitrogens is 1. The number of nitrogen functional groups attached to an aromatic ring is 1. The van der Waals surface area contributed by atoms with Crippen molar-refractivity contribution >= 4 is 23.5 Å². The SMILES string of the molecule is C=CC(=O)N1CC(C2CCC2)C1.N/C(=C\c1cc[nH]c1N)c1ccccc1O. The van der Waals surface area contributed by atoms with Crippen LogP contribution in [0.1, 0.15) is 30.4 Å². The number of hydrogen-bond donors (Lipinski definition) is 4. The third kappa shape index (κ3) is 4.39. The van der Waals surface area contributed by atoms with Gasteiger partial charge in [0.05, 0.1) is 0 Å². The highest BCUT2D eigenvalue weighted by Gasteiger charge is 2.37. The first-order chi connectivity index (χ1) is 13.5. The molecule has 6 N–H and O–H groups in total. The number of benzene rings is 1. The van der Waals surface area contributed by atoms with Crippen LogP contribution in [0, 0.1) is 11.8 Å². The molecule has 0 spiro atoms. The summed E-state index contributed by atoms with van der Waals surface area (Å²) in [5.41, 5.74) is 13.5. The van der Waals surface area contributed by atoms with Gasteiger partial charge in [-0.25, -0.2) is 0 Å². The van der Waals surface area contributed by atoms with Crippen molar-refractivity contribution in [2.45, 2.75) is 19.3 Å². The van der Waals surface area contributed by atoms with E-state index >= 15 is 0 Å². The van der Waals surface area contributed by atoms with Gasteiger partial charge in [-0.1, -0.05) is 38.0 Å². The predicted octanol–water partition coefficient (Wildman–Crippen LogP) is 3.19. The van der Waals surface area contributed by atoms with Crippen molar-refractivity contribution in [2.75, 3.05) is 18.8 Å². The number of rotatable bonds is 4. The fourth-order valence-electron chi connectivity index (χ4n) is 3.51. The molecule has 1 saturated carbocycles. The van der Waals surface area contributed by atoms with Crippen LogP contribution in [0.4, 0.5) is 5.82 Å². The van der Waals surface area contributed by atoms with Gasteiger partial charge in [-0.3, -0.25) is 4.79 Å². The largest absolute Gasteiger partial charge is 0.507 e. The van der Waals surface area contributed by atoms with Crippen molar-refractivity contribution in [3.63, 3.8) is 0 Å². The fraction of sp³-hybridized carbons (Fsp3) is 0.318. The molecule has 1 aliphatic carbocycles. The fourth-order valence-corrected chi connectivity index (χ4v) is 3.51. The lowest BCUT2D eigenvalue weighted by Gasteiger charge is -2.46. The van der Waals surface area contributed by atoms with E-state index in [2.05, 4.69) is 11.6 Å². The molecule has 1 aliphatic heterocycles. The lowest BCUT2D eigenvalue weighted by atomic mass is 9.72. The van der Waals surface area contributed by atoms with E-state index in [1.165, 1.54) is 25.3 Å². The number of nitrogens with zero attached hydrogens (tertiary/aromatic N) is 1. The number of aromatic hydroxyl groups is 1. The molecule has 0 unspecified atom stereocenters. The molecule has 1 aromatic carbocycles. The molecule has 2 aliphatic rings. The summed E-state index contributed by atoms with van der Waals surface area (Å²) < 4.78 is 0. The van der Waals surface area contributed by atoms with Crippen LogP contribution in [-0.4, -0.2) is 34.0 Å². The zero-order valence-electron chi connectivity index (χ0n) is 16.0. The molecule has 2 fully saturated rings. The number of hydrogen-bond acceptors (Lipinski definition) is 4. The maximum absolute atomic E-state index is 11.1. The third-order valence-electron chi connectivity index (χ3n) is 5.55. The van der Waals surface area contributed by atoms with Crippen LogP contribution in [-0.2, 0) is 4.79 Å². The van der Waals surface area contributed by atoms with E-state index in [1.54, 1.807) is 30.5 Å². The summed E-state index contributed by atoms with van der Waals surface area (Å²) >= 11 is 0. The van der Waals surface area contributed by atoms with Crippen molar-refractivity contribution in [2.24, 2.45) is 17.6 Å². The Morgan fingerprint density at radius 2 is 1.93 bits per heavy atom. The Morgan fingerprint density at radius 3 is 2.46 bits per heavy atom. The van der Waals surface area contributed by atoms with E-state index in [4.69, 9.17) is 11.5 Å². The van der Waals surface area contributed by atoms with Crippen LogP contribution in [0.25, 0.3) is 11.8 Å². The highest BCUT2D eigenvalue weighted by atomic mass is 16.3. The average Bonchev–Trinajstić information content (AvgIpc) is 3.01. The lowest BCUT2D eigenvalue weighted by molar-refractivity contribution is -0.134. The second-order valence-electron chi connectivity index (χ2n) is 7.36. The van der Waals surface area contributed by atoms with Crippen LogP contribution < -0.4 is 11.5 Å². The molecule has 2 aromatic rings. The van der Waals surface area contributed by atoms with Crippen molar-refractivity contribution < 1.29 is 9.90 Å². The quantitative estimate of drug-likeness (QED) is 0.611. The van der Waals surface area contributed by atoms with Gasteiger partial charge in [0.25, 0.3) is 0 Å². The van der Waals surface area contributed by atoms with Gasteiger partial charge in [0, 0.05) is 36.1 Å². The number of amides is 1. The molecule has 28 heavy (non-hydrogen) atoms.